The Morgan fingerprint density at radius 1 is 1.69 bits per heavy atom. The van der Waals surface area contributed by atoms with E-state index in [0.717, 1.165) is 25.3 Å². The van der Waals surface area contributed by atoms with Crippen molar-refractivity contribution in [2.24, 2.45) is 16.8 Å². The highest BCUT2D eigenvalue weighted by atomic mass is 16.4. The van der Waals surface area contributed by atoms with Gasteiger partial charge in [0.2, 0.25) is 0 Å². The van der Waals surface area contributed by atoms with Crippen molar-refractivity contribution in [3.05, 3.63) is 23.9 Å². The number of aromatic nitrogens is 1. The van der Waals surface area contributed by atoms with Crippen molar-refractivity contribution in [1.82, 2.24) is 4.98 Å². The van der Waals surface area contributed by atoms with Gasteiger partial charge in [-0.1, -0.05) is 12.1 Å². The summed E-state index contributed by atoms with van der Waals surface area (Å²) >= 11 is 0. The summed E-state index contributed by atoms with van der Waals surface area (Å²) < 4.78 is 0. The minimum Gasteiger partial charge on any atom is -0.409 e. The van der Waals surface area contributed by atoms with Gasteiger partial charge in [-0.2, -0.15) is 0 Å². The Morgan fingerprint density at radius 3 is 3.12 bits per heavy atom. The minimum absolute atomic E-state index is 0.114. The highest BCUT2D eigenvalue weighted by molar-refractivity contribution is 6.01. The summed E-state index contributed by atoms with van der Waals surface area (Å²) in [5.41, 5.74) is 6.32. The van der Waals surface area contributed by atoms with Crippen molar-refractivity contribution in [3.8, 4) is 0 Å². The van der Waals surface area contributed by atoms with E-state index < -0.39 is 0 Å². The molecule has 86 valence electrons. The Labute approximate surface area is 94.6 Å². The third kappa shape index (κ3) is 1.93. The SMILES string of the molecule is CC1CCN(c2ncccc2C(N)=NO)C1. The fourth-order valence-corrected chi connectivity index (χ4v) is 2.03. The quantitative estimate of drug-likeness (QED) is 0.338. The number of anilines is 1. The monoisotopic (exact) mass is 220 g/mol. The van der Waals surface area contributed by atoms with Crippen molar-refractivity contribution in [2.45, 2.75) is 13.3 Å². The number of hydrogen-bond acceptors (Lipinski definition) is 4. The summed E-state index contributed by atoms with van der Waals surface area (Å²) in [5, 5.41) is 11.8. The summed E-state index contributed by atoms with van der Waals surface area (Å²) in [5.74, 6) is 1.59. The Balaban J connectivity index is 2.33. The fourth-order valence-electron chi connectivity index (χ4n) is 2.03. The molecule has 5 heteroatoms. The van der Waals surface area contributed by atoms with E-state index >= 15 is 0 Å². The van der Waals surface area contributed by atoms with Crippen LogP contribution >= 0.6 is 0 Å². The van der Waals surface area contributed by atoms with Crippen molar-refractivity contribution >= 4 is 11.7 Å². The first-order valence-corrected chi connectivity index (χ1v) is 5.40. The van der Waals surface area contributed by atoms with Gasteiger partial charge in [-0.3, -0.25) is 0 Å². The molecule has 0 radical (unpaired) electrons. The van der Waals surface area contributed by atoms with Gasteiger partial charge in [0.25, 0.3) is 0 Å². The van der Waals surface area contributed by atoms with Gasteiger partial charge in [0.15, 0.2) is 5.84 Å². The molecule has 3 N–H and O–H groups in total. The zero-order valence-electron chi connectivity index (χ0n) is 9.30. The smallest absolute Gasteiger partial charge is 0.173 e. The largest absolute Gasteiger partial charge is 0.409 e. The summed E-state index contributed by atoms with van der Waals surface area (Å²) in [6.07, 6.45) is 2.89. The third-order valence-corrected chi connectivity index (χ3v) is 2.89. The first-order chi connectivity index (χ1) is 7.72. The zero-order valence-corrected chi connectivity index (χ0v) is 9.30. The average molecular weight is 220 g/mol. The standard InChI is InChI=1S/C11H16N4O/c1-8-4-6-15(7-8)11-9(10(12)14-16)3-2-5-13-11/h2-3,5,8,16H,4,6-7H2,1H3,(H2,12,14). The third-order valence-electron chi connectivity index (χ3n) is 2.89. The molecule has 1 aromatic rings. The van der Waals surface area contributed by atoms with Crippen molar-refractivity contribution < 1.29 is 5.21 Å². The van der Waals surface area contributed by atoms with E-state index in [1.807, 2.05) is 6.07 Å². The van der Waals surface area contributed by atoms with Crippen LogP contribution in [0, 0.1) is 5.92 Å². The van der Waals surface area contributed by atoms with Crippen LogP contribution in [0.5, 0.6) is 0 Å². The van der Waals surface area contributed by atoms with Gasteiger partial charge in [0.05, 0.1) is 5.56 Å². The Hall–Kier alpha value is -1.78. The Kier molecular flexibility index (Phi) is 2.94. The van der Waals surface area contributed by atoms with Gasteiger partial charge < -0.3 is 15.8 Å². The van der Waals surface area contributed by atoms with E-state index in [0.29, 0.717) is 11.5 Å². The number of hydrogen-bond donors (Lipinski definition) is 2. The molecule has 1 aromatic heterocycles. The van der Waals surface area contributed by atoms with E-state index in [1.54, 1.807) is 12.3 Å². The van der Waals surface area contributed by atoms with E-state index in [4.69, 9.17) is 10.9 Å². The molecule has 1 atom stereocenters. The summed E-state index contributed by atoms with van der Waals surface area (Å²) in [7, 11) is 0. The van der Waals surface area contributed by atoms with Crippen LogP contribution < -0.4 is 10.6 Å². The maximum Gasteiger partial charge on any atom is 0.173 e. The van der Waals surface area contributed by atoms with Crippen molar-refractivity contribution in [3.63, 3.8) is 0 Å². The molecule has 0 spiro atoms. The molecule has 0 bridgehead atoms. The zero-order chi connectivity index (χ0) is 11.5. The van der Waals surface area contributed by atoms with Gasteiger partial charge in [-0.05, 0) is 24.5 Å². The maximum absolute atomic E-state index is 8.72. The lowest BCUT2D eigenvalue weighted by Crippen LogP contribution is -2.25. The molecule has 1 aliphatic rings. The molecular weight excluding hydrogens is 204 g/mol. The van der Waals surface area contributed by atoms with Crippen LogP contribution in [0.25, 0.3) is 0 Å². The van der Waals surface area contributed by atoms with E-state index in [1.165, 1.54) is 0 Å². The van der Waals surface area contributed by atoms with Gasteiger partial charge in [-0.15, -0.1) is 0 Å². The molecule has 1 saturated heterocycles. The first-order valence-electron chi connectivity index (χ1n) is 5.40. The van der Waals surface area contributed by atoms with E-state index in [9.17, 15) is 0 Å². The van der Waals surface area contributed by atoms with Crippen LogP contribution in [0.4, 0.5) is 5.82 Å². The molecule has 2 heterocycles. The van der Waals surface area contributed by atoms with Crippen molar-refractivity contribution in [2.75, 3.05) is 18.0 Å². The molecule has 0 saturated carbocycles. The number of amidine groups is 1. The number of pyridine rings is 1. The van der Waals surface area contributed by atoms with Gasteiger partial charge in [0.1, 0.15) is 5.82 Å². The second kappa shape index (κ2) is 4.38. The predicted molar refractivity (Wildman–Crippen MR) is 62.7 cm³/mol. The molecule has 5 nitrogen and oxygen atoms in total. The summed E-state index contributed by atoms with van der Waals surface area (Å²) in [6, 6.07) is 3.61. The highest BCUT2D eigenvalue weighted by Crippen LogP contribution is 2.24. The maximum atomic E-state index is 8.72. The molecule has 0 aliphatic carbocycles. The number of oxime groups is 1. The summed E-state index contributed by atoms with van der Waals surface area (Å²) in [4.78, 5) is 6.50. The van der Waals surface area contributed by atoms with Gasteiger partial charge >= 0.3 is 0 Å². The summed E-state index contributed by atoms with van der Waals surface area (Å²) in [6.45, 7) is 4.17. The molecule has 0 aromatic carbocycles. The average Bonchev–Trinajstić information content (AvgIpc) is 2.75. The molecule has 1 unspecified atom stereocenters. The second-order valence-electron chi connectivity index (χ2n) is 4.20. The highest BCUT2D eigenvalue weighted by Gasteiger charge is 2.22. The van der Waals surface area contributed by atoms with Crippen LogP contribution in [-0.2, 0) is 0 Å². The molecule has 16 heavy (non-hydrogen) atoms. The molecule has 1 aliphatic heterocycles. The molecule has 2 rings (SSSR count). The van der Waals surface area contributed by atoms with Crippen molar-refractivity contribution in [1.29, 1.82) is 0 Å². The second-order valence-corrected chi connectivity index (χ2v) is 4.20. The van der Waals surface area contributed by atoms with Crippen LogP contribution in [-0.4, -0.2) is 29.1 Å². The van der Waals surface area contributed by atoms with Crippen LogP contribution in [0.2, 0.25) is 0 Å². The van der Waals surface area contributed by atoms with Gasteiger partial charge in [-0.25, -0.2) is 4.98 Å². The molecule has 0 amide bonds. The van der Waals surface area contributed by atoms with Crippen LogP contribution in [0.3, 0.4) is 0 Å². The number of nitrogens with zero attached hydrogens (tertiary/aromatic N) is 3. The normalized spacial score (nSPS) is 21.4. The van der Waals surface area contributed by atoms with E-state index in [-0.39, 0.29) is 5.84 Å². The number of rotatable bonds is 2. The lowest BCUT2D eigenvalue weighted by atomic mass is 10.2. The topological polar surface area (TPSA) is 74.7 Å². The number of nitrogens with two attached hydrogens (primary N) is 1. The fraction of sp³-hybridized carbons (Fsp3) is 0.455. The van der Waals surface area contributed by atoms with E-state index in [2.05, 4.69) is 22.0 Å². The predicted octanol–water partition coefficient (Wildman–Crippen LogP) is 1.02. The Bertz CT molecular complexity index is 405. The first kappa shape index (κ1) is 10.7. The lowest BCUT2D eigenvalue weighted by Gasteiger charge is -2.19. The Morgan fingerprint density at radius 2 is 2.50 bits per heavy atom. The minimum atomic E-state index is 0.114. The molecule has 1 fully saturated rings. The van der Waals surface area contributed by atoms with Crippen LogP contribution in [0.15, 0.2) is 23.5 Å². The molecular formula is C11H16N4O. The lowest BCUT2D eigenvalue weighted by molar-refractivity contribution is 0.318. The van der Waals surface area contributed by atoms with Gasteiger partial charge in [0, 0.05) is 19.3 Å². The van der Waals surface area contributed by atoms with Crippen LogP contribution in [0.1, 0.15) is 18.9 Å².